The highest BCUT2D eigenvalue weighted by Gasteiger charge is 2.11. The fraction of sp³-hybridized carbons (Fsp3) is 0.333. The zero-order valence-electron chi connectivity index (χ0n) is 10.2. The molecule has 0 saturated heterocycles. The average Bonchev–Trinajstić information content (AvgIpc) is 2.61. The summed E-state index contributed by atoms with van der Waals surface area (Å²) in [5.41, 5.74) is 6.81. The van der Waals surface area contributed by atoms with Crippen LogP contribution in [0.1, 0.15) is 28.3 Å². The summed E-state index contributed by atoms with van der Waals surface area (Å²) >= 11 is 1.81. The number of thiophene rings is 1. The van der Waals surface area contributed by atoms with Crippen molar-refractivity contribution in [3.63, 3.8) is 0 Å². The van der Waals surface area contributed by atoms with Gasteiger partial charge in [-0.15, -0.1) is 11.3 Å². The Bertz CT molecular complexity index is 504. The number of aromatic nitrogens is 2. The van der Waals surface area contributed by atoms with Gasteiger partial charge in [0.15, 0.2) is 0 Å². The van der Waals surface area contributed by atoms with Gasteiger partial charge in [-0.2, -0.15) is 0 Å². The summed E-state index contributed by atoms with van der Waals surface area (Å²) in [5.74, 6) is 1.18. The van der Waals surface area contributed by atoms with Crippen LogP contribution in [0.4, 0.5) is 11.6 Å². The number of hydrogen-bond donors (Lipinski definition) is 2. The third-order valence-corrected chi connectivity index (χ3v) is 3.56. The van der Waals surface area contributed by atoms with Crippen LogP contribution in [-0.2, 0) is 0 Å². The molecular weight excluding hydrogens is 232 g/mol. The Balaban J connectivity index is 2.14. The van der Waals surface area contributed by atoms with Gasteiger partial charge in [-0.25, -0.2) is 9.97 Å². The van der Waals surface area contributed by atoms with E-state index in [4.69, 9.17) is 5.73 Å². The maximum absolute atomic E-state index is 5.50. The summed E-state index contributed by atoms with van der Waals surface area (Å²) in [6, 6.07) is 2.43. The van der Waals surface area contributed by atoms with Crippen LogP contribution in [0.15, 0.2) is 18.5 Å². The normalized spacial score (nSPS) is 12.4. The van der Waals surface area contributed by atoms with Crippen molar-refractivity contribution >= 4 is 23.0 Å². The zero-order valence-corrected chi connectivity index (χ0v) is 11.0. The predicted molar refractivity (Wildman–Crippen MR) is 72.3 cm³/mol. The van der Waals surface area contributed by atoms with Gasteiger partial charge >= 0.3 is 0 Å². The zero-order chi connectivity index (χ0) is 12.4. The summed E-state index contributed by atoms with van der Waals surface area (Å²) in [6.45, 7) is 6.38. The number of hydrogen-bond acceptors (Lipinski definition) is 5. The molecular formula is C12H16N4S. The van der Waals surface area contributed by atoms with Crippen LogP contribution in [0.3, 0.4) is 0 Å². The quantitative estimate of drug-likeness (QED) is 0.876. The molecule has 2 aromatic rings. The number of nitrogens with one attached hydrogen (secondary N) is 1. The highest BCUT2D eigenvalue weighted by Crippen LogP contribution is 2.27. The van der Waals surface area contributed by atoms with Crippen LogP contribution in [0.5, 0.6) is 0 Å². The summed E-state index contributed by atoms with van der Waals surface area (Å²) < 4.78 is 0. The third-order valence-electron chi connectivity index (χ3n) is 2.58. The van der Waals surface area contributed by atoms with Crippen molar-refractivity contribution in [3.05, 3.63) is 33.8 Å². The molecule has 2 rings (SSSR count). The van der Waals surface area contributed by atoms with Crippen molar-refractivity contribution in [2.24, 2.45) is 0 Å². The monoisotopic (exact) mass is 248 g/mol. The lowest BCUT2D eigenvalue weighted by Gasteiger charge is -2.14. The average molecular weight is 248 g/mol. The van der Waals surface area contributed by atoms with Crippen LogP contribution in [-0.4, -0.2) is 9.97 Å². The van der Waals surface area contributed by atoms with Gasteiger partial charge < -0.3 is 11.1 Å². The minimum Gasteiger partial charge on any atom is -0.382 e. The Kier molecular flexibility index (Phi) is 3.28. The minimum atomic E-state index is 0.220. The molecule has 2 aromatic heterocycles. The molecule has 0 amide bonds. The predicted octanol–water partition coefficient (Wildman–Crippen LogP) is 2.91. The van der Waals surface area contributed by atoms with Gasteiger partial charge in [0.1, 0.15) is 11.6 Å². The molecule has 1 atom stereocenters. The maximum atomic E-state index is 5.50. The van der Waals surface area contributed by atoms with Gasteiger partial charge in [0.05, 0.1) is 18.4 Å². The van der Waals surface area contributed by atoms with Crippen molar-refractivity contribution < 1.29 is 0 Å². The molecule has 4 nitrogen and oxygen atoms in total. The van der Waals surface area contributed by atoms with Crippen molar-refractivity contribution in [1.82, 2.24) is 9.97 Å². The van der Waals surface area contributed by atoms with Crippen molar-refractivity contribution in [1.29, 1.82) is 0 Å². The van der Waals surface area contributed by atoms with Crippen molar-refractivity contribution in [2.75, 3.05) is 11.1 Å². The number of anilines is 2. The van der Waals surface area contributed by atoms with E-state index in [1.807, 2.05) is 11.3 Å². The largest absolute Gasteiger partial charge is 0.382 e. The lowest BCUT2D eigenvalue weighted by Crippen LogP contribution is -2.08. The molecule has 2 heterocycles. The second-order valence-electron chi connectivity index (χ2n) is 4.06. The van der Waals surface area contributed by atoms with Gasteiger partial charge in [0, 0.05) is 9.75 Å². The first-order valence-electron chi connectivity index (χ1n) is 5.47. The van der Waals surface area contributed by atoms with Gasteiger partial charge in [0.2, 0.25) is 0 Å². The first-order chi connectivity index (χ1) is 8.06. The van der Waals surface area contributed by atoms with E-state index in [2.05, 4.69) is 42.1 Å². The van der Waals surface area contributed by atoms with E-state index in [-0.39, 0.29) is 6.04 Å². The van der Waals surface area contributed by atoms with Gasteiger partial charge in [-0.1, -0.05) is 0 Å². The second kappa shape index (κ2) is 4.71. The highest BCUT2D eigenvalue weighted by molar-refractivity contribution is 7.12. The molecule has 3 N–H and O–H groups in total. The van der Waals surface area contributed by atoms with Gasteiger partial charge in [-0.3, -0.25) is 0 Å². The van der Waals surface area contributed by atoms with Gasteiger partial charge in [0.25, 0.3) is 0 Å². The van der Waals surface area contributed by atoms with E-state index in [0.717, 1.165) is 5.82 Å². The first-order valence-corrected chi connectivity index (χ1v) is 6.29. The fourth-order valence-corrected chi connectivity index (χ4v) is 2.81. The summed E-state index contributed by atoms with van der Waals surface area (Å²) in [5, 5.41) is 3.32. The third kappa shape index (κ3) is 2.74. The molecule has 90 valence electrons. The maximum Gasteiger partial charge on any atom is 0.145 e. The lowest BCUT2D eigenvalue weighted by molar-refractivity contribution is 0.869. The molecule has 5 heteroatoms. The van der Waals surface area contributed by atoms with Crippen LogP contribution >= 0.6 is 11.3 Å². The Labute approximate surface area is 105 Å². The first kappa shape index (κ1) is 11.9. The molecule has 1 unspecified atom stereocenters. The molecule has 0 saturated carbocycles. The number of aryl methyl sites for hydroxylation is 2. The number of nitrogens with zero attached hydrogens (tertiary/aromatic N) is 2. The SMILES string of the molecule is Cc1cc(C(C)Nc2cnc(N)cn2)c(C)s1. The molecule has 0 aliphatic carbocycles. The second-order valence-corrected chi connectivity index (χ2v) is 5.52. The topological polar surface area (TPSA) is 63.8 Å². The number of nitrogens with two attached hydrogens (primary N) is 1. The molecule has 0 radical (unpaired) electrons. The minimum absolute atomic E-state index is 0.220. The van der Waals surface area contributed by atoms with Gasteiger partial charge in [-0.05, 0) is 32.4 Å². The standard InChI is InChI=1S/C12H16N4S/c1-7-4-10(9(3)17-7)8(2)16-12-6-14-11(13)5-15-12/h4-6,8H,1-3H3,(H2,13,14)(H,15,16). The fourth-order valence-electron chi connectivity index (χ4n) is 1.79. The molecule has 0 bridgehead atoms. The summed E-state index contributed by atoms with van der Waals surface area (Å²) in [6.07, 6.45) is 3.21. The molecule has 0 aliphatic rings. The van der Waals surface area contributed by atoms with Crippen molar-refractivity contribution in [2.45, 2.75) is 26.8 Å². The molecule has 0 aromatic carbocycles. The number of nitrogen functional groups attached to an aromatic ring is 1. The Morgan fingerprint density at radius 2 is 2.06 bits per heavy atom. The van der Waals surface area contributed by atoms with Crippen LogP contribution in [0, 0.1) is 13.8 Å². The molecule has 0 spiro atoms. The molecule has 0 fully saturated rings. The van der Waals surface area contributed by atoms with E-state index in [9.17, 15) is 0 Å². The lowest BCUT2D eigenvalue weighted by atomic mass is 10.1. The highest BCUT2D eigenvalue weighted by atomic mass is 32.1. The van der Waals surface area contributed by atoms with E-state index >= 15 is 0 Å². The summed E-state index contributed by atoms with van der Waals surface area (Å²) in [7, 11) is 0. The van der Waals surface area contributed by atoms with E-state index < -0.39 is 0 Å². The van der Waals surface area contributed by atoms with Crippen LogP contribution in [0.2, 0.25) is 0 Å². The van der Waals surface area contributed by atoms with E-state index in [0.29, 0.717) is 5.82 Å². The molecule has 0 aliphatic heterocycles. The molecule has 17 heavy (non-hydrogen) atoms. The van der Waals surface area contributed by atoms with Crippen LogP contribution in [0.25, 0.3) is 0 Å². The van der Waals surface area contributed by atoms with E-state index in [1.54, 1.807) is 12.4 Å². The summed E-state index contributed by atoms with van der Waals surface area (Å²) in [4.78, 5) is 10.9. The Hall–Kier alpha value is -1.62. The smallest absolute Gasteiger partial charge is 0.145 e. The number of rotatable bonds is 3. The van der Waals surface area contributed by atoms with E-state index in [1.165, 1.54) is 15.3 Å². The van der Waals surface area contributed by atoms with Crippen LogP contribution < -0.4 is 11.1 Å². The Morgan fingerprint density at radius 1 is 1.29 bits per heavy atom. The van der Waals surface area contributed by atoms with Crippen molar-refractivity contribution in [3.8, 4) is 0 Å². The Morgan fingerprint density at radius 3 is 2.59 bits per heavy atom.